The Hall–Kier alpha value is -0.450. The van der Waals surface area contributed by atoms with E-state index in [0.29, 0.717) is 0 Å². The first-order chi connectivity index (χ1) is 7.22. The molecule has 1 rings (SSSR count). The minimum atomic E-state index is 0.969. The molecule has 0 unspecified atom stereocenters. The van der Waals surface area contributed by atoms with Gasteiger partial charge >= 0.3 is 0 Å². The van der Waals surface area contributed by atoms with Crippen molar-refractivity contribution >= 4 is 11.3 Å². The van der Waals surface area contributed by atoms with E-state index < -0.39 is 0 Å². The van der Waals surface area contributed by atoms with E-state index in [1.54, 1.807) is 11.3 Å². The monoisotopic (exact) mass is 227 g/mol. The van der Waals surface area contributed by atoms with Gasteiger partial charge in [0.1, 0.15) is 0 Å². The van der Waals surface area contributed by atoms with E-state index in [0.717, 1.165) is 31.2 Å². The van der Waals surface area contributed by atoms with E-state index in [-0.39, 0.29) is 0 Å². The summed E-state index contributed by atoms with van der Waals surface area (Å²) in [6.07, 6.45) is 1.20. The highest BCUT2D eigenvalue weighted by molar-refractivity contribution is 7.09. The first-order valence-electron chi connectivity index (χ1n) is 5.52. The van der Waals surface area contributed by atoms with Crippen LogP contribution in [0.4, 0.5) is 0 Å². The summed E-state index contributed by atoms with van der Waals surface area (Å²) in [5.41, 5.74) is 1.20. The van der Waals surface area contributed by atoms with E-state index in [1.165, 1.54) is 12.1 Å². The topological polar surface area (TPSA) is 28.2 Å². The maximum Gasteiger partial charge on any atom is 0.0897 e. The lowest BCUT2D eigenvalue weighted by molar-refractivity contribution is 0.317. The van der Waals surface area contributed by atoms with E-state index >= 15 is 0 Å². The highest BCUT2D eigenvalue weighted by Gasteiger charge is 2.02. The molecule has 1 aromatic rings. The van der Waals surface area contributed by atoms with Crippen LogP contribution in [-0.4, -0.2) is 36.6 Å². The molecule has 0 saturated carbocycles. The molecule has 1 N–H and O–H groups in total. The van der Waals surface area contributed by atoms with Crippen molar-refractivity contribution in [3.05, 3.63) is 16.1 Å². The van der Waals surface area contributed by atoms with Crippen LogP contribution in [0.2, 0.25) is 0 Å². The summed E-state index contributed by atoms with van der Waals surface area (Å²) in [5.74, 6) is 0. The predicted molar refractivity (Wildman–Crippen MR) is 66.3 cm³/mol. The van der Waals surface area contributed by atoms with Crippen molar-refractivity contribution in [3.8, 4) is 0 Å². The third-order valence-electron chi connectivity index (χ3n) is 2.24. The molecule has 0 aliphatic rings. The highest BCUT2D eigenvalue weighted by Crippen LogP contribution is 2.09. The molecule has 0 aromatic carbocycles. The molecule has 86 valence electrons. The van der Waals surface area contributed by atoms with Crippen LogP contribution in [0, 0.1) is 6.92 Å². The zero-order chi connectivity index (χ0) is 11.1. The average molecular weight is 227 g/mol. The van der Waals surface area contributed by atoms with Gasteiger partial charge in [0.15, 0.2) is 0 Å². The van der Waals surface area contributed by atoms with Crippen LogP contribution in [-0.2, 0) is 6.54 Å². The van der Waals surface area contributed by atoms with Gasteiger partial charge in [-0.1, -0.05) is 6.92 Å². The molecular formula is C11H21N3S. The summed E-state index contributed by atoms with van der Waals surface area (Å²) in [6.45, 7) is 8.47. The van der Waals surface area contributed by atoms with Gasteiger partial charge in [-0.2, -0.15) is 0 Å². The van der Waals surface area contributed by atoms with Crippen LogP contribution in [0.5, 0.6) is 0 Å². The van der Waals surface area contributed by atoms with E-state index in [9.17, 15) is 0 Å². The summed E-state index contributed by atoms with van der Waals surface area (Å²) < 4.78 is 0. The van der Waals surface area contributed by atoms with E-state index in [4.69, 9.17) is 0 Å². The summed E-state index contributed by atoms with van der Waals surface area (Å²) in [4.78, 5) is 6.78. The third kappa shape index (κ3) is 5.25. The quantitative estimate of drug-likeness (QED) is 0.721. The number of rotatable bonds is 7. The number of aromatic nitrogens is 1. The molecule has 0 radical (unpaired) electrons. The highest BCUT2D eigenvalue weighted by atomic mass is 32.1. The first kappa shape index (κ1) is 12.6. The van der Waals surface area contributed by atoms with Crippen molar-refractivity contribution in [2.75, 3.05) is 26.7 Å². The molecule has 0 fully saturated rings. The fourth-order valence-electron chi connectivity index (χ4n) is 1.49. The van der Waals surface area contributed by atoms with Crippen molar-refractivity contribution < 1.29 is 0 Å². The van der Waals surface area contributed by atoms with Gasteiger partial charge in [0.05, 0.1) is 10.7 Å². The van der Waals surface area contributed by atoms with Crippen LogP contribution in [0.25, 0.3) is 0 Å². The zero-order valence-electron chi connectivity index (χ0n) is 9.92. The van der Waals surface area contributed by atoms with Gasteiger partial charge in [0, 0.05) is 11.9 Å². The lowest BCUT2D eigenvalue weighted by atomic mass is 10.3. The molecule has 4 heteroatoms. The molecular weight excluding hydrogens is 206 g/mol. The van der Waals surface area contributed by atoms with Gasteiger partial charge in [-0.3, -0.25) is 0 Å². The minimum Gasteiger partial charge on any atom is -0.317 e. The van der Waals surface area contributed by atoms with Crippen LogP contribution in [0.3, 0.4) is 0 Å². The van der Waals surface area contributed by atoms with Gasteiger partial charge in [-0.05, 0) is 40.0 Å². The van der Waals surface area contributed by atoms with Gasteiger partial charge in [-0.15, -0.1) is 11.3 Å². The lowest BCUT2D eigenvalue weighted by Gasteiger charge is -2.14. The first-order valence-corrected chi connectivity index (χ1v) is 6.40. The summed E-state index contributed by atoms with van der Waals surface area (Å²) in [5, 5.41) is 6.64. The van der Waals surface area contributed by atoms with Crippen LogP contribution < -0.4 is 5.32 Å². The Morgan fingerprint density at radius 2 is 2.33 bits per heavy atom. The maximum absolute atomic E-state index is 4.46. The smallest absolute Gasteiger partial charge is 0.0897 e. The molecule has 0 aliphatic carbocycles. The fourth-order valence-corrected chi connectivity index (χ4v) is 2.09. The molecule has 1 aromatic heterocycles. The van der Waals surface area contributed by atoms with Gasteiger partial charge in [0.2, 0.25) is 0 Å². The summed E-state index contributed by atoms with van der Waals surface area (Å²) >= 11 is 1.73. The van der Waals surface area contributed by atoms with Crippen molar-refractivity contribution in [1.82, 2.24) is 15.2 Å². The summed E-state index contributed by atoms with van der Waals surface area (Å²) in [7, 11) is 2.15. The number of nitrogens with zero attached hydrogens (tertiary/aromatic N) is 2. The Balaban J connectivity index is 2.15. The predicted octanol–water partition coefficient (Wildman–Crippen LogP) is 1.88. The number of hydrogen-bond donors (Lipinski definition) is 1. The van der Waals surface area contributed by atoms with Crippen molar-refractivity contribution in [3.63, 3.8) is 0 Å². The maximum atomic E-state index is 4.46. The minimum absolute atomic E-state index is 0.969. The molecule has 3 nitrogen and oxygen atoms in total. The van der Waals surface area contributed by atoms with Crippen molar-refractivity contribution in [1.29, 1.82) is 0 Å². The van der Waals surface area contributed by atoms with Gasteiger partial charge in [0.25, 0.3) is 0 Å². The number of nitrogens with one attached hydrogen (secondary N) is 1. The lowest BCUT2D eigenvalue weighted by Crippen LogP contribution is -2.23. The molecule has 0 bridgehead atoms. The van der Waals surface area contributed by atoms with Crippen LogP contribution in [0.15, 0.2) is 5.38 Å². The number of thiazole rings is 1. The van der Waals surface area contributed by atoms with Gasteiger partial charge < -0.3 is 10.2 Å². The molecule has 0 aliphatic heterocycles. The molecule has 15 heavy (non-hydrogen) atoms. The second kappa shape index (κ2) is 6.93. The van der Waals surface area contributed by atoms with Crippen LogP contribution in [0.1, 0.15) is 24.0 Å². The molecule has 1 heterocycles. The standard InChI is InChI=1S/C11H21N3S/c1-4-12-6-5-7-14(3)8-11-9-15-10(2)13-11/h9,12H,4-8H2,1-3H3. The van der Waals surface area contributed by atoms with E-state index in [2.05, 4.69) is 41.5 Å². The molecule has 0 spiro atoms. The molecule has 0 amide bonds. The Morgan fingerprint density at radius 1 is 1.53 bits per heavy atom. The Labute approximate surface area is 96.5 Å². The Bertz CT molecular complexity index is 273. The fraction of sp³-hybridized carbons (Fsp3) is 0.727. The van der Waals surface area contributed by atoms with Crippen molar-refractivity contribution in [2.24, 2.45) is 0 Å². The second-order valence-electron chi connectivity index (χ2n) is 3.80. The van der Waals surface area contributed by atoms with Crippen molar-refractivity contribution in [2.45, 2.75) is 26.8 Å². The SMILES string of the molecule is CCNCCCN(C)Cc1csc(C)n1. The molecule has 0 saturated heterocycles. The Kier molecular flexibility index (Phi) is 5.83. The van der Waals surface area contributed by atoms with Gasteiger partial charge in [-0.25, -0.2) is 4.98 Å². The normalized spacial score (nSPS) is 11.2. The Morgan fingerprint density at radius 3 is 2.93 bits per heavy atom. The third-order valence-corrected chi connectivity index (χ3v) is 3.06. The molecule has 0 atom stereocenters. The zero-order valence-corrected chi connectivity index (χ0v) is 10.7. The largest absolute Gasteiger partial charge is 0.317 e. The number of aryl methyl sites for hydroxylation is 1. The van der Waals surface area contributed by atoms with Crippen LogP contribution >= 0.6 is 11.3 Å². The average Bonchev–Trinajstić information content (AvgIpc) is 2.59. The summed E-state index contributed by atoms with van der Waals surface area (Å²) in [6, 6.07) is 0. The number of hydrogen-bond acceptors (Lipinski definition) is 4. The second-order valence-corrected chi connectivity index (χ2v) is 4.86. The van der Waals surface area contributed by atoms with E-state index in [1.807, 2.05) is 0 Å².